The molecule has 3 N–H and O–H groups in total. The second-order valence-corrected chi connectivity index (χ2v) is 6.46. The van der Waals surface area contributed by atoms with Crippen molar-refractivity contribution in [2.45, 2.75) is 46.1 Å². The van der Waals surface area contributed by atoms with Crippen molar-refractivity contribution < 1.29 is 0 Å². The Hall–Kier alpha value is -1.55. The minimum absolute atomic E-state index is 0.491. The minimum atomic E-state index is 0.491. The normalized spacial score (nSPS) is 17.9. The molecule has 1 saturated heterocycles. The molecule has 0 amide bonds. The standard InChI is InChI=1S/C18H30N4/c1-4-15-7-9-16(10-8-15)21-18(19)20-13-17(14(2)3)22-11-5-6-12-22/h7-10,14,17H,4-6,11-13H2,1-3H3,(H3,19,20,21). The van der Waals surface area contributed by atoms with Gasteiger partial charge < -0.3 is 11.1 Å². The summed E-state index contributed by atoms with van der Waals surface area (Å²) in [5, 5.41) is 3.19. The number of hydrogen-bond donors (Lipinski definition) is 2. The lowest BCUT2D eigenvalue weighted by Gasteiger charge is -2.29. The van der Waals surface area contributed by atoms with E-state index < -0.39 is 0 Å². The number of hydrogen-bond acceptors (Lipinski definition) is 2. The third kappa shape index (κ3) is 4.73. The van der Waals surface area contributed by atoms with E-state index in [4.69, 9.17) is 5.73 Å². The summed E-state index contributed by atoms with van der Waals surface area (Å²) < 4.78 is 0. The number of guanidine groups is 1. The molecule has 1 unspecified atom stereocenters. The van der Waals surface area contributed by atoms with Crippen molar-refractivity contribution in [2.75, 3.05) is 25.0 Å². The quantitative estimate of drug-likeness (QED) is 0.627. The van der Waals surface area contributed by atoms with Crippen LogP contribution in [-0.2, 0) is 6.42 Å². The van der Waals surface area contributed by atoms with Gasteiger partial charge in [-0.05, 0) is 56.0 Å². The SMILES string of the molecule is CCc1ccc(NC(N)=NCC(C(C)C)N2CCCC2)cc1. The molecule has 0 bridgehead atoms. The third-order valence-electron chi connectivity index (χ3n) is 4.46. The van der Waals surface area contributed by atoms with Crippen LogP contribution >= 0.6 is 0 Å². The van der Waals surface area contributed by atoms with E-state index in [1.165, 1.54) is 31.5 Å². The molecule has 0 saturated carbocycles. The molecular weight excluding hydrogens is 272 g/mol. The molecule has 22 heavy (non-hydrogen) atoms. The molecule has 0 radical (unpaired) electrons. The molecule has 0 aromatic heterocycles. The number of benzene rings is 1. The Balaban J connectivity index is 1.91. The number of likely N-dealkylation sites (tertiary alicyclic amines) is 1. The summed E-state index contributed by atoms with van der Waals surface area (Å²) in [7, 11) is 0. The molecule has 0 spiro atoms. The predicted octanol–water partition coefficient (Wildman–Crippen LogP) is 3.10. The van der Waals surface area contributed by atoms with Gasteiger partial charge in [-0.1, -0.05) is 32.9 Å². The average Bonchev–Trinajstić information content (AvgIpc) is 3.02. The first kappa shape index (κ1) is 16.8. The number of anilines is 1. The van der Waals surface area contributed by atoms with Crippen molar-refractivity contribution in [1.82, 2.24) is 4.90 Å². The minimum Gasteiger partial charge on any atom is -0.370 e. The smallest absolute Gasteiger partial charge is 0.193 e. The van der Waals surface area contributed by atoms with Crippen molar-refractivity contribution in [3.05, 3.63) is 29.8 Å². The maximum atomic E-state index is 6.04. The van der Waals surface area contributed by atoms with Crippen molar-refractivity contribution in [2.24, 2.45) is 16.6 Å². The van der Waals surface area contributed by atoms with Crippen LogP contribution < -0.4 is 11.1 Å². The summed E-state index contributed by atoms with van der Waals surface area (Å²) in [6, 6.07) is 8.85. The fraction of sp³-hybridized carbons (Fsp3) is 0.611. The maximum Gasteiger partial charge on any atom is 0.193 e. The van der Waals surface area contributed by atoms with Crippen LogP contribution in [0.2, 0.25) is 0 Å². The van der Waals surface area contributed by atoms with Crippen LogP contribution in [0, 0.1) is 5.92 Å². The average molecular weight is 302 g/mol. The molecule has 1 aromatic rings. The molecule has 1 aliphatic rings. The molecule has 1 atom stereocenters. The van der Waals surface area contributed by atoms with E-state index in [9.17, 15) is 0 Å². The number of aryl methyl sites for hydroxylation is 1. The Bertz CT molecular complexity index is 472. The van der Waals surface area contributed by atoms with Gasteiger partial charge >= 0.3 is 0 Å². The Morgan fingerprint density at radius 1 is 1.23 bits per heavy atom. The van der Waals surface area contributed by atoms with Gasteiger partial charge in [-0.3, -0.25) is 9.89 Å². The topological polar surface area (TPSA) is 53.6 Å². The molecule has 122 valence electrons. The Kier molecular flexibility index (Phi) is 6.25. The zero-order chi connectivity index (χ0) is 15.9. The lowest BCUT2D eigenvalue weighted by molar-refractivity contribution is 0.198. The predicted molar refractivity (Wildman–Crippen MR) is 95.4 cm³/mol. The summed E-state index contributed by atoms with van der Waals surface area (Å²) in [6.07, 6.45) is 3.67. The van der Waals surface area contributed by atoms with Crippen LogP contribution in [-0.4, -0.2) is 36.5 Å². The molecule has 1 aromatic carbocycles. The fourth-order valence-corrected chi connectivity index (χ4v) is 3.02. The summed E-state index contributed by atoms with van der Waals surface area (Å²) >= 11 is 0. The lowest BCUT2D eigenvalue weighted by atomic mass is 10.0. The van der Waals surface area contributed by atoms with E-state index in [1.807, 2.05) is 0 Å². The fourth-order valence-electron chi connectivity index (χ4n) is 3.02. The largest absolute Gasteiger partial charge is 0.370 e. The number of nitrogens with zero attached hydrogens (tertiary/aromatic N) is 2. The number of nitrogens with one attached hydrogen (secondary N) is 1. The van der Waals surface area contributed by atoms with Gasteiger partial charge in [0.25, 0.3) is 0 Å². The van der Waals surface area contributed by atoms with E-state index in [2.05, 4.69) is 60.2 Å². The molecule has 2 rings (SSSR count). The van der Waals surface area contributed by atoms with Gasteiger partial charge in [0.05, 0.1) is 6.54 Å². The Morgan fingerprint density at radius 2 is 1.86 bits per heavy atom. The van der Waals surface area contributed by atoms with Crippen molar-refractivity contribution in [1.29, 1.82) is 0 Å². The molecule has 1 heterocycles. The summed E-state index contributed by atoms with van der Waals surface area (Å²) in [6.45, 7) is 9.86. The highest BCUT2D eigenvalue weighted by Gasteiger charge is 2.24. The van der Waals surface area contributed by atoms with E-state index in [0.29, 0.717) is 17.9 Å². The van der Waals surface area contributed by atoms with Crippen LogP contribution in [0.4, 0.5) is 5.69 Å². The zero-order valence-corrected chi connectivity index (χ0v) is 14.2. The molecule has 4 nitrogen and oxygen atoms in total. The highest BCUT2D eigenvalue weighted by atomic mass is 15.2. The summed E-state index contributed by atoms with van der Waals surface area (Å²) in [5.41, 5.74) is 8.37. The molecule has 1 fully saturated rings. The van der Waals surface area contributed by atoms with Gasteiger partial charge in [-0.2, -0.15) is 0 Å². The molecule has 4 heteroatoms. The Labute approximate surface area is 134 Å². The van der Waals surface area contributed by atoms with E-state index in [-0.39, 0.29) is 0 Å². The highest BCUT2D eigenvalue weighted by Crippen LogP contribution is 2.18. The van der Waals surface area contributed by atoms with Crippen molar-refractivity contribution in [3.63, 3.8) is 0 Å². The number of rotatable bonds is 6. The monoisotopic (exact) mass is 302 g/mol. The van der Waals surface area contributed by atoms with Crippen LogP contribution in [0.5, 0.6) is 0 Å². The van der Waals surface area contributed by atoms with E-state index in [1.54, 1.807) is 0 Å². The Morgan fingerprint density at radius 3 is 2.41 bits per heavy atom. The molecule has 0 aliphatic carbocycles. The van der Waals surface area contributed by atoms with Gasteiger partial charge in [0.1, 0.15) is 0 Å². The van der Waals surface area contributed by atoms with Gasteiger partial charge in [0.2, 0.25) is 0 Å². The van der Waals surface area contributed by atoms with Gasteiger partial charge in [-0.25, -0.2) is 0 Å². The first-order valence-corrected chi connectivity index (χ1v) is 8.50. The van der Waals surface area contributed by atoms with Crippen LogP contribution in [0.15, 0.2) is 29.3 Å². The van der Waals surface area contributed by atoms with Gasteiger partial charge in [0, 0.05) is 11.7 Å². The van der Waals surface area contributed by atoms with Crippen LogP contribution in [0.1, 0.15) is 39.2 Å². The summed E-state index contributed by atoms with van der Waals surface area (Å²) in [4.78, 5) is 7.12. The van der Waals surface area contributed by atoms with E-state index >= 15 is 0 Å². The molecular formula is C18H30N4. The lowest BCUT2D eigenvalue weighted by Crippen LogP contribution is -2.40. The first-order valence-electron chi connectivity index (χ1n) is 8.50. The van der Waals surface area contributed by atoms with Crippen LogP contribution in [0.25, 0.3) is 0 Å². The number of aliphatic imine (C=N–C) groups is 1. The van der Waals surface area contributed by atoms with Gasteiger partial charge in [0.15, 0.2) is 5.96 Å². The number of nitrogens with two attached hydrogens (primary N) is 1. The second kappa shape index (κ2) is 8.18. The first-order chi connectivity index (χ1) is 10.6. The van der Waals surface area contributed by atoms with Gasteiger partial charge in [-0.15, -0.1) is 0 Å². The molecule has 1 aliphatic heterocycles. The second-order valence-electron chi connectivity index (χ2n) is 6.46. The third-order valence-corrected chi connectivity index (χ3v) is 4.46. The van der Waals surface area contributed by atoms with Crippen molar-refractivity contribution in [3.8, 4) is 0 Å². The highest BCUT2D eigenvalue weighted by molar-refractivity contribution is 5.92. The zero-order valence-electron chi connectivity index (χ0n) is 14.2. The van der Waals surface area contributed by atoms with Crippen molar-refractivity contribution >= 4 is 11.6 Å². The summed E-state index contributed by atoms with van der Waals surface area (Å²) in [5.74, 6) is 1.10. The maximum absolute atomic E-state index is 6.04. The van der Waals surface area contributed by atoms with Crippen LogP contribution in [0.3, 0.4) is 0 Å². The van der Waals surface area contributed by atoms with E-state index in [0.717, 1.165) is 18.7 Å².